The average molecular weight is 325 g/mol. The van der Waals surface area contributed by atoms with E-state index in [4.69, 9.17) is 0 Å². The topological polar surface area (TPSA) is 22.0 Å². The molecule has 122 valence electrons. The normalized spacial score (nSPS) is 10.9. The summed E-state index contributed by atoms with van der Waals surface area (Å²) in [5, 5.41) is 1.02. The van der Waals surface area contributed by atoms with Crippen LogP contribution in [0.1, 0.15) is 27.2 Å². The SMILES string of the molecule is Cc1c(C(=O)c2ccccc2)c2ccccc2n1Cc1ccccc1. The Bertz CT molecular complexity index is 1030. The highest BCUT2D eigenvalue weighted by atomic mass is 16.1. The van der Waals surface area contributed by atoms with Crippen LogP contribution in [0.3, 0.4) is 0 Å². The zero-order valence-corrected chi connectivity index (χ0v) is 14.1. The summed E-state index contributed by atoms with van der Waals surface area (Å²) in [6, 6.07) is 28.0. The maximum absolute atomic E-state index is 13.1. The molecule has 0 saturated carbocycles. The van der Waals surface area contributed by atoms with Crippen LogP contribution in [-0.2, 0) is 6.54 Å². The predicted octanol–water partition coefficient (Wildman–Crippen LogP) is 5.23. The van der Waals surface area contributed by atoms with Gasteiger partial charge in [0, 0.05) is 28.7 Å². The summed E-state index contributed by atoms with van der Waals surface area (Å²) in [4.78, 5) is 13.1. The molecule has 0 atom stereocenters. The van der Waals surface area contributed by atoms with Crippen molar-refractivity contribution in [2.45, 2.75) is 13.5 Å². The van der Waals surface area contributed by atoms with E-state index in [9.17, 15) is 4.79 Å². The number of hydrogen-bond donors (Lipinski definition) is 0. The number of hydrogen-bond acceptors (Lipinski definition) is 1. The maximum atomic E-state index is 13.1. The van der Waals surface area contributed by atoms with Gasteiger partial charge in [0.1, 0.15) is 0 Å². The first-order chi connectivity index (χ1) is 12.3. The van der Waals surface area contributed by atoms with E-state index in [1.54, 1.807) is 0 Å². The van der Waals surface area contributed by atoms with Gasteiger partial charge in [0.25, 0.3) is 0 Å². The second kappa shape index (κ2) is 6.40. The van der Waals surface area contributed by atoms with Gasteiger partial charge >= 0.3 is 0 Å². The molecule has 0 aliphatic heterocycles. The van der Waals surface area contributed by atoms with Gasteiger partial charge in [-0.25, -0.2) is 0 Å². The number of ketones is 1. The third kappa shape index (κ3) is 2.76. The van der Waals surface area contributed by atoms with Crippen LogP contribution >= 0.6 is 0 Å². The van der Waals surface area contributed by atoms with Crippen molar-refractivity contribution in [2.24, 2.45) is 0 Å². The van der Waals surface area contributed by atoms with E-state index in [0.717, 1.165) is 34.3 Å². The van der Waals surface area contributed by atoms with E-state index < -0.39 is 0 Å². The zero-order valence-electron chi connectivity index (χ0n) is 14.1. The zero-order chi connectivity index (χ0) is 17.2. The Labute approximate surface area is 147 Å². The maximum Gasteiger partial charge on any atom is 0.195 e. The number of carbonyl (C=O) groups excluding carboxylic acids is 1. The molecule has 0 unspecified atom stereocenters. The minimum atomic E-state index is 0.0844. The molecule has 2 nitrogen and oxygen atoms in total. The quantitative estimate of drug-likeness (QED) is 0.471. The molecule has 25 heavy (non-hydrogen) atoms. The third-order valence-corrected chi connectivity index (χ3v) is 4.68. The van der Waals surface area contributed by atoms with Gasteiger partial charge < -0.3 is 4.57 Å². The van der Waals surface area contributed by atoms with E-state index in [-0.39, 0.29) is 5.78 Å². The van der Waals surface area contributed by atoms with Gasteiger partial charge in [-0.2, -0.15) is 0 Å². The lowest BCUT2D eigenvalue weighted by Crippen LogP contribution is -2.06. The van der Waals surface area contributed by atoms with Crippen LogP contribution < -0.4 is 0 Å². The molecule has 0 spiro atoms. The fourth-order valence-electron chi connectivity index (χ4n) is 3.42. The van der Waals surface area contributed by atoms with Crippen molar-refractivity contribution in [1.82, 2.24) is 4.57 Å². The number of benzene rings is 3. The smallest absolute Gasteiger partial charge is 0.195 e. The molecule has 4 rings (SSSR count). The van der Waals surface area contributed by atoms with E-state index in [0.29, 0.717) is 0 Å². The Hall–Kier alpha value is -3.13. The standard InChI is InChI=1S/C23H19NO/c1-17-22(23(25)19-12-6-3-7-13-19)20-14-8-9-15-21(20)24(17)16-18-10-4-2-5-11-18/h2-15H,16H2,1H3. The molecule has 0 fully saturated rings. The molecular weight excluding hydrogens is 306 g/mol. The lowest BCUT2D eigenvalue weighted by Gasteiger charge is -2.09. The molecule has 0 radical (unpaired) electrons. The van der Waals surface area contributed by atoms with E-state index in [2.05, 4.69) is 22.8 Å². The van der Waals surface area contributed by atoms with Crippen molar-refractivity contribution < 1.29 is 4.79 Å². The highest BCUT2D eigenvalue weighted by Crippen LogP contribution is 2.28. The number of carbonyl (C=O) groups is 1. The summed E-state index contributed by atoms with van der Waals surface area (Å²) in [7, 11) is 0. The average Bonchev–Trinajstić information content (AvgIpc) is 2.95. The highest BCUT2D eigenvalue weighted by Gasteiger charge is 2.20. The first-order valence-electron chi connectivity index (χ1n) is 8.47. The predicted molar refractivity (Wildman–Crippen MR) is 102 cm³/mol. The van der Waals surface area contributed by atoms with Gasteiger partial charge in [0.2, 0.25) is 0 Å². The van der Waals surface area contributed by atoms with Gasteiger partial charge in [-0.1, -0.05) is 78.9 Å². The number of rotatable bonds is 4. The monoisotopic (exact) mass is 325 g/mol. The molecule has 0 aliphatic rings. The summed E-state index contributed by atoms with van der Waals surface area (Å²) in [6.07, 6.45) is 0. The molecule has 1 heterocycles. The van der Waals surface area contributed by atoms with E-state index in [1.165, 1.54) is 5.56 Å². The largest absolute Gasteiger partial charge is 0.340 e. The Morgan fingerprint density at radius 3 is 2.12 bits per heavy atom. The first-order valence-corrected chi connectivity index (χ1v) is 8.47. The van der Waals surface area contributed by atoms with Gasteiger partial charge in [0.05, 0.1) is 5.56 Å². The summed E-state index contributed by atoms with van der Waals surface area (Å²) in [6.45, 7) is 2.80. The molecule has 0 amide bonds. The van der Waals surface area contributed by atoms with E-state index in [1.807, 2.05) is 73.7 Å². The first kappa shape index (κ1) is 15.4. The van der Waals surface area contributed by atoms with Crippen molar-refractivity contribution in [1.29, 1.82) is 0 Å². The van der Waals surface area contributed by atoms with Crippen LogP contribution in [0.2, 0.25) is 0 Å². The van der Waals surface area contributed by atoms with Crippen LogP contribution in [0.25, 0.3) is 10.9 Å². The van der Waals surface area contributed by atoms with Crippen LogP contribution in [0.5, 0.6) is 0 Å². The molecule has 0 saturated heterocycles. The highest BCUT2D eigenvalue weighted by molar-refractivity contribution is 6.17. The second-order valence-electron chi connectivity index (χ2n) is 6.24. The Balaban J connectivity index is 1.88. The summed E-state index contributed by atoms with van der Waals surface area (Å²) >= 11 is 0. The Morgan fingerprint density at radius 1 is 0.800 bits per heavy atom. The minimum Gasteiger partial charge on any atom is -0.340 e. The lowest BCUT2D eigenvalue weighted by atomic mass is 10.0. The minimum absolute atomic E-state index is 0.0844. The number of nitrogens with zero attached hydrogens (tertiary/aromatic N) is 1. The Kier molecular flexibility index (Phi) is 3.95. The van der Waals surface area contributed by atoms with Crippen LogP contribution in [-0.4, -0.2) is 10.4 Å². The van der Waals surface area contributed by atoms with Gasteiger partial charge in [-0.15, -0.1) is 0 Å². The number of aromatic nitrogens is 1. The number of para-hydroxylation sites is 1. The lowest BCUT2D eigenvalue weighted by molar-refractivity contribution is 0.103. The van der Waals surface area contributed by atoms with Gasteiger partial charge in [-0.3, -0.25) is 4.79 Å². The molecule has 2 heteroatoms. The van der Waals surface area contributed by atoms with E-state index >= 15 is 0 Å². The molecule has 1 aromatic heterocycles. The fraction of sp³-hybridized carbons (Fsp3) is 0.0870. The van der Waals surface area contributed by atoms with Crippen LogP contribution in [0, 0.1) is 6.92 Å². The molecule has 3 aromatic carbocycles. The van der Waals surface area contributed by atoms with Crippen molar-refractivity contribution in [2.75, 3.05) is 0 Å². The fourth-order valence-corrected chi connectivity index (χ4v) is 3.42. The van der Waals surface area contributed by atoms with Crippen molar-refractivity contribution in [3.8, 4) is 0 Å². The molecular formula is C23H19NO. The van der Waals surface area contributed by atoms with Crippen molar-refractivity contribution in [3.05, 3.63) is 107 Å². The summed E-state index contributed by atoms with van der Waals surface area (Å²) < 4.78 is 2.24. The van der Waals surface area contributed by atoms with Crippen LogP contribution in [0.15, 0.2) is 84.9 Å². The summed E-state index contributed by atoms with van der Waals surface area (Å²) in [5.41, 5.74) is 4.87. The third-order valence-electron chi connectivity index (χ3n) is 4.68. The van der Waals surface area contributed by atoms with Crippen molar-refractivity contribution >= 4 is 16.7 Å². The summed E-state index contributed by atoms with van der Waals surface area (Å²) in [5.74, 6) is 0.0844. The molecule has 0 aliphatic carbocycles. The van der Waals surface area contributed by atoms with Crippen LogP contribution in [0.4, 0.5) is 0 Å². The van der Waals surface area contributed by atoms with Gasteiger partial charge in [-0.05, 0) is 18.6 Å². The second-order valence-corrected chi connectivity index (χ2v) is 6.24. The molecule has 0 bridgehead atoms. The Morgan fingerprint density at radius 2 is 1.40 bits per heavy atom. The molecule has 4 aromatic rings. The number of fused-ring (bicyclic) bond motifs is 1. The van der Waals surface area contributed by atoms with Gasteiger partial charge in [0.15, 0.2) is 5.78 Å². The van der Waals surface area contributed by atoms with Crippen molar-refractivity contribution in [3.63, 3.8) is 0 Å². The molecule has 0 N–H and O–H groups in total.